The van der Waals surface area contributed by atoms with Crippen LogP contribution in [0.1, 0.15) is 30.9 Å². The fourth-order valence-electron chi connectivity index (χ4n) is 2.45. The summed E-state index contributed by atoms with van der Waals surface area (Å²) in [6, 6.07) is 9.60. The van der Waals surface area contributed by atoms with Gasteiger partial charge in [0.25, 0.3) is 0 Å². The van der Waals surface area contributed by atoms with Crippen molar-refractivity contribution in [3.63, 3.8) is 0 Å². The molecule has 0 saturated heterocycles. The molecule has 1 aliphatic rings. The fraction of sp³-hybridized carbons (Fsp3) is 0.533. The smallest absolute Gasteiger partial charge is 0.315 e. The minimum Gasteiger partial charge on any atom is -0.337 e. The van der Waals surface area contributed by atoms with Crippen molar-refractivity contribution in [2.75, 3.05) is 18.6 Å². The average molecular weight is 310 g/mol. The van der Waals surface area contributed by atoms with Crippen LogP contribution >= 0.6 is 0 Å². The van der Waals surface area contributed by atoms with Crippen LogP contribution < -0.4 is 10.6 Å². The highest BCUT2D eigenvalue weighted by Gasteiger charge is 2.29. The third-order valence-corrected chi connectivity index (χ3v) is 4.77. The van der Waals surface area contributed by atoms with E-state index in [1.807, 2.05) is 30.3 Å². The van der Waals surface area contributed by atoms with Crippen molar-refractivity contribution in [2.45, 2.75) is 25.3 Å². The summed E-state index contributed by atoms with van der Waals surface area (Å²) in [5.74, 6) is 0.424. The van der Waals surface area contributed by atoms with Gasteiger partial charge in [0.05, 0.1) is 11.8 Å². The summed E-state index contributed by atoms with van der Waals surface area (Å²) >= 11 is 0. The molecule has 116 valence electrons. The van der Waals surface area contributed by atoms with E-state index in [0.29, 0.717) is 5.92 Å². The Morgan fingerprint density at radius 3 is 2.48 bits per heavy atom. The molecule has 1 fully saturated rings. The van der Waals surface area contributed by atoms with Crippen molar-refractivity contribution in [2.24, 2.45) is 5.92 Å². The van der Waals surface area contributed by atoms with E-state index in [1.54, 1.807) is 0 Å². The van der Waals surface area contributed by atoms with Crippen LogP contribution in [-0.4, -0.2) is 33.0 Å². The van der Waals surface area contributed by atoms with E-state index in [0.717, 1.165) is 24.7 Å². The molecule has 1 atom stereocenters. The maximum atomic E-state index is 11.9. The lowest BCUT2D eigenvalue weighted by molar-refractivity contribution is 0.208. The Morgan fingerprint density at radius 1 is 1.29 bits per heavy atom. The lowest BCUT2D eigenvalue weighted by Crippen LogP contribution is -2.43. The van der Waals surface area contributed by atoms with Crippen molar-refractivity contribution >= 4 is 15.9 Å². The second-order valence-electron chi connectivity index (χ2n) is 5.61. The molecule has 6 heteroatoms. The van der Waals surface area contributed by atoms with E-state index in [1.165, 1.54) is 6.42 Å². The second-order valence-corrected chi connectivity index (χ2v) is 7.87. The standard InChI is InChI=1S/C15H22N2O3S/c1-21(19,20)11-10-16-15(18)17-14(13-8-5-9-13)12-6-3-2-4-7-12/h2-4,6-7,13-14H,5,8-11H2,1H3,(H2,16,17,18)/t14-/m0/s1. The molecule has 2 rings (SSSR count). The van der Waals surface area contributed by atoms with Gasteiger partial charge in [-0.2, -0.15) is 0 Å². The van der Waals surface area contributed by atoms with Crippen molar-refractivity contribution in [1.82, 2.24) is 10.6 Å². The number of benzene rings is 1. The highest BCUT2D eigenvalue weighted by atomic mass is 32.2. The minimum absolute atomic E-state index is 0.00168. The van der Waals surface area contributed by atoms with Crippen LogP contribution in [0.2, 0.25) is 0 Å². The molecule has 1 saturated carbocycles. The first-order valence-corrected chi connectivity index (χ1v) is 9.29. The SMILES string of the molecule is CS(=O)(=O)CCNC(=O)N[C@@H](c1ccccc1)C1CCC1. The molecule has 0 bridgehead atoms. The summed E-state index contributed by atoms with van der Waals surface area (Å²) in [5.41, 5.74) is 1.10. The van der Waals surface area contributed by atoms with Crippen LogP contribution in [-0.2, 0) is 9.84 Å². The molecule has 2 N–H and O–H groups in total. The minimum atomic E-state index is -3.05. The van der Waals surface area contributed by atoms with Gasteiger partial charge in [-0.1, -0.05) is 36.8 Å². The number of carbonyl (C=O) groups is 1. The van der Waals surface area contributed by atoms with E-state index in [2.05, 4.69) is 10.6 Å². The lowest BCUT2D eigenvalue weighted by atomic mass is 9.77. The topological polar surface area (TPSA) is 75.3 Å². The van der Waals surface area contributed by atoms with E-state index < -0.39 is 9.84 Å². The van der Waals surface area contributed by atoms with Crippen LogP contribution in [0.15, 0.2) is 30.3 Å². The van der Waals surface area contributed by atoms with Crippen molar-refractivity contribution in [3.05, 3.63) is 35.9 Å². The fourth-order valence-corrected chi connectivity index (χ4v) is 2.92. The number of urea groups is 1. The highest BCUT2D eigenvalue weighted by Crippen LogP contribution is 2.37. The summed E-state index contributed by atoms with van der Waals surface area (Å²) in [6.45, 7) is 0.136. The largest absolute Gasteiger partial charge is 0.337 e. The van der Waals surface area contributed by atoms with Crippen molar-refractivity contribution < 1.29 is 13.2 Å². The summed E-state index contributed by atoms with van der Waals surface area (Å²) in [4.78, 5) is 11.9. The predicted octanol–water partition coefficient (Wildman–Crippen LogP) is 1.87. The number of nitrogens with one attached hydrogen (secondary N) is 2. The normalized spacial score (nSPS) is 16.8. The zero-order valence-corrected chi connectivity index (χ0v) is 13.0. The molecular weight excluding hydrogens is 288 g/mol. The molecule has 0 aliphatic heterocycles. The van der Waals surface area contributed by atoms with Gasteiger partial charge in [0.2, 0.25) is 0 Å². The Hall–Kier alpha value is -1.56. The van der Waals surface area contributed by atoms with Gasteiger partial charge in [-0.3, -0.25) is 0 Å². The first-order chi connectivity index (χ1) is 9.96. The molecule has 1 aromatic carbocycles. The molecule has 2 amide bonds. The molecule has 5 nitrogen and oxygen atoms in total. The molecule has 1 aromatic rings. The van der Waals surface area contributed by atoms with Crippen LogP contribution in [0.3, 0.4) is 0 Å². The average Bonchev–Trinajstić information content (AvgIpc) is 2.35. The van der Waals surface area contributed by atoms with E-state index in [-0.39, 0.29) is 24.4 Å². The molecular formula is C15H22N2O3S. The van der Waals surface area contributed by atoms with Crippen LogP contribution in [0.4, 0.5) is 4.79 Å². The molecule has 0 radical (unpaired) electrons. The van der Waals surface area contributed by atoms with E-state index in [9.17, 15) is 13.2 Å². The molecule has 0 spiro atoms. The first-order valence-electron chi connectivity index (χ1n) is 7.23. The molecule has 0 unspecified atom stereocenters. The zero-order chi connectivity index (χ0) is 15.3. The maximum Gasteiger partial charge on any atom is 0.315 e. The van der Waals surface area contributed by atoms with Gasteiger partial charge >= 0.3 is 6.03 Å². The molecule has 0 heterocycles. The number of amides is 2. The van der Waals surface area contributed by atoms with Crippen LogP contribution in [0.25, 0.3) is 0 Å². The second kappa shape index (κ2) is 6.93. The summed E-state index contributed by atoms with van der Waals surface area (Å²) in [7, 11) is -3.05. The van der Waals surface area contributed by atoms with Crippen molar-refractivity contribution in [1.29, 1.82) is 0 Å². The van der Waals surface area contributed by atoms with Crippen LogP contribution in [0, 0.1) is 5.92 Å². The number of carbonyl (C=O) groups excluding carboxylic acids is 1. The van der Waals surface area contributed by atoms with Gasteiger partial charge in [-0.25, -0.2) is 13.2 Å². The van der Waals surface area contributed by atoms with Gasteiger partial charge < -0.3 is 10.6 Å². The van der Waals surface area contributed by atoms with Crippen LogP contribution in [0.5, 0.6) is 0 Å². The Kier molecular flexibility index (Phi) is 5.22. The van der Waals surface area contributed by atoms with Gasteiger partial charge in [-0.05, 0) is 24.3 Å². The van der Waals surface area contributed by atoms with Gasteiger partial charge in [0.1, 0.15) is 9.84 Å². The Balaban J connectivity index is 1.91. The third-order valence-electron chi connectivity index (χ3n) is 3.82. The highest BCUT2D eigenvalue weighted by molar-refractivity contribution is 7.90. The van der Waals surface area contributed by atoms with E-state index >= 15 is 0 Å². The summed E-state index contributed by atoms with van der Waals surface area (Å²) in [6.07, 6.45) is 4.59. The quantitative estimate of drug-likeness (QED) is 0.842. The zero-order valence-electron chi connectivity index (χ0n) is 12.2. The van der Waals surface area contributed by atoms with Gasteiger partial charge in [0, 0.05) is 12.8 Å². The lowest BCUT2D eigenvalue weighted by Gasteiger charge is -2.34. The Bertz CT molecular complexity index is 568. The van der Waals surface area contributed by atoms with Gasteiger partial charge in [-0.15, -0.1) is 0 Å². The van der Waals surface area contributed by atoms with Gasteiger partial charge in [0.15, 0.2) is 0 Å². The van der Waals surface area contributed by atoms with Crippen molar-refractivity contribution in [3.8, 4) is 0 Å². The molecule has 1 aliphatic carbocycles. The Morgan fingerprint density at radius 2 is 1.95 bits per heavy atom. The maximum absolute atomic E-state index is 11.9. The monoisotopic (exact) mass is 310 g/mol. The molecule has 21 heavy (non-hydrogen) atoms. The first kappa shape index (κ1) is 15.8. The molecule has 0 aromatic heterocycles. The Labute approximate surface area is 126 Å². The summed E-state index contributed by atoms with van der Waals surface area (Å²) < 4.78 is 22.1. The number of sulfone groups is 1. The van der Waals surface area contributed by atoms with E-state index in [4.69, 9.17) is 0 Å². The number of hydrogen-bond acceptors (Lipinski definition) is 3. The number of rotatable bonds is 6. The summed E-state index contributed by atoms with van der Waals surface area (Å²) in [5, 5.41) is 5.59. The predicted molar refractivity (Wildman–Crippen MR) is 82.8 cm³/mol. The number of hydrogen-bond donors (Lipinski definition) is 2. The third kappa shape index (κ3) is 5.04.